The monoisotopic (exact) mass is 275 g/mol. The van der Waals surface area contributed by atoms with Crippen LogP contribution in [-0.4, -0.2) is 15.8 Å². The van der Waals surface area contributed by atoms with Gasteiger partial charge >= 0.3 is 0 Å². The molecule has 4 nitrogen and oxygen atoms in total. The predicted molar refractivity (Wildman–Crippen MR) is 81.0 cm³/mol. The first-order valence-corrected chi connectivity index (χ1v) is 7.20. The van der Waals surface area contributed by atoms with Crippen LogP contribution in [0.1, 0.15) is 47.9 Å². The third kappa shape index (κ3) is 3.12. The van der Waals surface area contributed by atoms with Crippen molar-refractivity contribution in [3.05, 3.63) is 40.1 Å². The Morgan fingerprint density at radius 2 is 1.95 bits per heavy atom. The molecule has 0 saturated heterocycles. The molecule has 0 aliphatic carbocycles. The van der Waals surface area contributed by atoms with Gasteiger partial charge in [-0.2, -0.15) is 5.10 Å². The van der Waals surface area contributed by atoms with Crippen molar-refractivity contribution in [1.82, 2.24) is 15.1 Å². The molecule has 2 rings (SSSR count). The van der Waals surface area contributed by atoms with Crippen LogP contribution < -0.4 is 5.32 Å². The van der Waals surface area contributed by atoms with Crippen LogP contribution in [0.3, 0.4) is 0 Å². The van der Waals surface area contributed by atoms with Gasteiger partial charge in [0.2, 0.25) is 0 Å². The summed E-state index contributed by atoms with van der Waals surface area (Å²) in [7, 11) is 0. The Labute approximate surface area is 121 Å². The summed E-state index contributed by atoms with van der Waals surface area (Å²) < 4.78 is 7.97. The van der Waals surface area contributed by atoms with Gasteiger partial charge in [0, 0.05) is 11.7 Å². The van der Waals surface area contributed by atoms with E-state index in [1.54, 1.807) is 0 Å². The van der Waals surface area contributed by atoms with Crippen LogP contribution in [0.15, 0.2) is 10.5 Å². The Morgan fingerprint density at radius 1 is 1.25 bits per heavy atom. The quantitative estimate of drug-likeness (QED) is 0.911. The van der Waals surface area contributed by atoms with E-state index in [-0.39, 0.29) is 0 Å². The molecule has 0 radical (unpaired) electrons. The lowest BCUT2D eigenvalue weighted by atomic mass is 10.2. The number of aryl methyl sites for hydroxylation is 2. The van der Waals surface area contributed by atoms with Gasteiger partial charge in [-0.1, -0.05) is 13.8 Å². The number of aromatic nitrogens is 2. The lowest BCUT2D eigenvalue weighted by Crippen LogP contribution is -2.21. The average Bonchev–Trinajstić information content (AvgIpc) is 2.83. The summed E-state index contributed by atoms with van der Waals surface area (Å²) in [6, 6.07) is 2.57. The fourth-order valence-electron chi connectivity index (χ4n) is 2.23. The van der Waals surface area contributed by atoms with Crippen LogP contribution in [0, 0.1) is 27.7 Å². The highest BCUT2D eigenvalue weighted by Crippen LogP contribution is 2.18. The first-order chi connectivity index (χ1) is 9.38. The number of hydrogen-bond donors (Lipinski definition) is 1. The van der Waals surface area contributed by atoms with Crippen LogP contribution in [0.5, 0.6) is 0 Å². The molecule has 0 saturated carbocycles. The lowest BCUT2D eigenvalue weighted by Gasteiger charge is -2.06. The number of furan rings is 1. The second-order valence-electron chi connectivity index (χ2n) is 5.81. The molecule has 1 N–H and O–H groups in total. The first kappa shape index (κ1) is 14.9. The van der Waals surface area contributed by atoms with E-state index < -0.39 is 0 Å². The molecule has 0 spiro atoms. The van der Waals surface area contributed by atoms with Crippen molar-refractivity contribution in [3.63, 3.8) is 0 Å². The second-order valence-corrected chi connectivity index (χ2v) is 5.81. The third-order valence-electron chi connectivity index (χ3n) is 3.79. The van der Waals surface area contributed by atoms with Crippen molar-refractivity contribution in [2.75, 3.05) is 0 Å². The van der Waals surface area contributed by atoms with E-state index in [0.29, 0.717) is 12.6 Å². The summed E-state index contributed by atoms with van der Waals surface area (Å²) in [6.07, 6.45) is 0. The molecule has 0 bridgehead atoms. The van der Waals surface area contributed by atoms with E-state index in [9.17, 15) is 0 Å². The van der Waals surface area contributed by atoms with Gasteiger partial charge in [0.05, 0.1) is 18.8 Å². The summed E-state index contributed by atoms with van der Waals surface area (Å²) in [4.78, 5) is 0. The highest BCUT2D eigenvalue weighted by molar-refractivity contribution is 5.24. The molecular formula is C16H25N3O. The van der Waals surface area contributed by atoms with Crippen molar-refractivity contribution in [2.24, 2.45) is 0 Å². The maximum Gasteiger partial charge on any atom is 0.126 e. The summed E-state index contributed by atoms with van der Waals surface area (Å²) in [5.74, 6) is 1.99. The minimum absolute atomic E-state index is 0.460. The van der Waals surface area contributed by atoms with Crippen molar-refractivity contribution < 1.29 is 4.42 Å². The normalized spacial score (nSPS) is 11.6. The standard InChI is InChI=1S/C16H25N3O/c1-10(2)17-8-16-11(3)7-15(20-16)9-19-14(6)12(4)13(5)18-19/h7,10,17H,8-9H2,1-6H3. The maximum absolute atomic E-state index is 5.95. The Balaban J connectivity index is 2.14. The van der Waals surface area contributed by atoms with Gasteiger partial charge in [-0.25, -0.2) is 0 Å². The molecule has 0 aliphatic rings. The molecule has 0 amide bonds. The SMILES string of the molecule is Cc1cc(Cn2nc(C)c(C)c2C)oc1CNC(C)C. The molecule has 110 valence electrons. The van der Waals surface area contributed by atoms with Crippen LogP contribution in [-0.2, 0) is 13.1 Å². The summed E-state index contributed by atoms with van der Waals surface area (Å²) in [6.45, 7) is 14.1. The van der Waals surface area contributed by atoms with Gasteiger partial charge in [-0.05, 0) is 44.9 Å². The largest absolute Gasteiger partial charge is 0.462 e. The van der Waals surface area contributed by atoms with Crippen molar-refractivity contribution in [3.8, 4) is 0 Å². The molecule has 0 aromatic carbocycles. The van der Waals surface area contributed by atoms with Gasteiger partial charge in [-0.3, -0.25) is 4.68 Å². The van der Waals surface area contributed by atoms with Gasteiger partial charge in [-0.15, -0.1) is 0 Å². The third-order valence-corrected chi connectivity index (χ3v) is 3.79. The van der Waals surface area contributed by atoms with Gasteiger partial charge in [0.15, 0.2) is 0 Å². The zero-order chi connectivity index (χ0) is 14.9. The fraction of sp³-hybridized carbons (Fsp3) is 0.562. The van der Waals surface area contributed by atoms with Crippen LogP contribution >= 0.6 is 0 Å². The number of hydrogen-bond acceptors (Lipinski definition) is 3. The van der Waals surface area contributed by atoms with Gasteiger partial charge < -0.3 is 9.73 Å². The van der Waals surface area contributed by atoms with E-state index >= 15 is 0 Å². The van der Waals surface area contributed by atoms with E-state index in [1.165, 1.54) is 16.8 Å². The molecule has 0 atom stereocenters. The Hall–Kier alpha value is -1.55. The van der Waals surface area contributed by atoms with Crippen molar-refractivity contribution >= 4 is 0 Å². The minimum atomic E-state index is 0.460. The number of rotatable bonds is 5. The van der Waals surface area contributed by atoms with Gasteiger partial charge in [0.25, 0.3) is 0 Å². The summed E-state index contributed by atoms with van der Waals surface area (Å²) in [5, 5.41) is 7.95. The van der Waals surface area contributed by atoms with E-state index in [0.717, 1.165) is 23.8 Å². The number of nitrogens with zero attached hydrogens (tertiary/aromatic N) is 2. The number of nitrogens with one attached hydrogen (secondary N) is 1. The van der Waals surface area contributed by atoms with Crippen LogP contribution in [0.25, 0.3) is 0 Å². The summed E-state index contributed by atoms with van der Waals surface area (Å²) in [5.41, 5.74) is 4.76. The van der Waals surface area contributed by atoms with Crippen molar-refractivity contribution in [2.45, 2.75) is 60.7 Å². The van der Waals surface area contributed by atoms with E-state index in [1.807, 2.05) is 11.6 Å². The molecule has 2 aromatic rings. The van der Waals surface area contributed by atoms with E-state index in [2.05, 4.69) is 51.1 Å². The highest BCUT2D eigenvalue weighted by atomic mass is 16.3. The molecule has 20 heavy (non-hydrogen) atoms. The summed E-state index contributed by atoms with van der Waals surface area (Å²) >= 11 is 0. The van der Waals surface area contributed by atoms with Crippen molar-refractivity contribution in [1.29, 1.82) is 0 Å². The van der Waals surface area contributed by atoms with E-state index in [4.69, 9.17) is 4.42 Å². The Kier molecular flexibility index (Phi) is 4.33. The van der Waals surface area contributed by atoms with Crippen LogP contribution in [0.2, 0.25) is 0 Å². The van der Waals surface area contributed by atoms with Gasteiger partial charge in [0.1, 0.15) is 11.5 Å². The molecular weight excluding hydrogens is 250 g/mol. The molecule has 2 aromatic heterocycles. The zero-order valence-corrected chi connectivity index (χ0v) is 13.4. The molecule has 2 heterocycles. The Bertz CT molecular complexity index is 593. The zero-order valence-electron chi connectivity index (χ0n) is 13.4. The molecule has 4 heteroatoms. The minimum Gasteiger partial charge on any atom is -0.462 e. The Morgan fingerprint density at radius 3 is 2.50 bits per heavy atom. The first-order valence-electron chi connectivity index (χ1n) is 7.20. The highest BCUT2D eigenvalue weighted by Gasteiger charge is 2.12. The molecule has 0 fully saturated rings. The fourth-order valence-corrected chi connectivity index (χ4v) is 2.23. The second kappa shape index (κ2) is 5.83. The topological polar surface area (TPSA) is 43.0 Å². The average molecular weight is 275 g/mol. The lowest BCUT2D eigenvalue weighted by molar-refractivity contribution is 0.418. The molecule has 0 aliphatic heterocycles. The smallest absolute Gasteiger partial charge is 0.126 e. The van der Waals surface area contributed by atoms with Crippen LogP contribution in [0.4, 0.5) is 0 Å². The predicted octanol–water partition coefficient (Wildman–Crippen LogP) is 3.26. The molecule has 0 unspecified atom stereocenters. The maximum atomic E-state index is 5.95.